The molecule has 1 aliphatic rings. The second-order valence-corrected chi connectivity index (χ2v) is 8.41. The Hall–Kier alpha value is -4.87. The maximum Gasteiger partial charge on any atom is 0.422 e. The average Bonchev–Trinajstić information content (AvgIpc) is 3.47. The number of aromatic nitrogens is 3. The molecule has 0 radical (unpaired) electrons. The number of fused-ring (bicyclic) bond motifs is 1. The van der Waals surface area contributed by atoms with Crippen molar-refractivity contribution in [2.24, 2.45) is 0 Å². The average molecular weight is 538 g/mol. The van der Waals surface area contributed by atoms with Crippen LogP contribution in [0.4, 0.5) is 13.2 Å². The number of hydrogen-bond donors (Lipinski definition) is 0. The van der Waals surface area contributed by atoms with Crippen molar-refractivity contribution in [3.63, 3.8) is 0 Å². The quantitative estimate of drug-likeness (QED) is 0.288. The maximum atomic E-state index is 12.7. The van der Waals surface area contributed by atoms with E-state index < -0.39 is 18.8 Å². The lowest BCUT2D eigenvalue weighted by Gasteiger charge is -2.14. The molecule has 0 aliphatic carbocycles. The molecule has 9 nitrogen and oxygen atoms in total. The number of imide groups is 1. The van der Waals surface area contributed by atoms with Crippen LogP contribution in [0.25, 0.3) is 17.1 Å². The predicted molar refractivity (Wildman–Crippen MR) is 132 cm³/mol. The Morgan fingerprint density at radius 1 is 0.821 bits per heavy atom. The highest BCUT2D eigenvalue weighted by Gasteiger charge is 2.34. The number of ether oxygens (including phenoxy) is 3. The van der Waals surface area contributed by atoms with Crippen molar-refractivity contribution in [3.05, 3.63) is 83.9 Å². The van der Waals surface area contributed by atoms with E-state index in [1.807, 2.05) is 0 Å². The van der Waals surface area contributed by atoms with Crippen LogP contribution in [0.2, 0.25) is 0 Å². The molecule has 2 amide bonds. The van der Waals surface area contributed by atoms with Gasteiger partial charge >= 0.3 is 12.2 Å². The molecule has 1 aliphatic heterocycles. The van der Waals surface area contributed by atoms with Crippen molar-refractivity contribution in [2.75, 3.05) is 26.9 Å². The van der Waals surface area contributed by atoms with Crippen molar-refractivity contribution in [1.82, 2.24) is 19.7 Å². The van der Waals surface area contributed by atoms with Crippen LogP contribution >= 0.6 is 0 Å². The number of rotatable bonds is 9. The van der Waals surface area contributed by atoms with E-state index in [0.29, 0.717) is 33.9 Å². The highest BCUT2D eigenvalue weighted by Crippen LogP contribution is 2.28. The number of methoxy groups -OCH3 is 1. The van der Waals surface area contributed by atoms with E-state index in [4.69, 9.17) is 14.2 Å². The third-order valence-electron chi connectivity index (χ3n) is 5.84. The van der Waals surface area contributed by atoms with Crippen LogP contribution in [0, 0.1) is 0 Å². The highest BCUT2D eigenvalue weighted by atomic mass is 19.4. The second kappa shape index (κ2) is 10.5. The van der Waals surface area contributed by atoms with Crippen molar-refractivity contribution in [2.45, 2.75) is 6.18 Å². The number of alkyl halides is 3. The lowest BCUT2D eigenvalue weighted by atomic mass is 10.1. The topological polar surface area (TPSA) is 95.8 Å². The van der Waals surface area contributed by atoms with Gasteiger partial charge in [0.1, 0.15) is 18.1 Å². The van der Waals surface area contributed by atoms with Gasteiger partial charge in [0.2, 0.25) is 0 Å². The van der Waals surface area contributed by atoms with E-state index in [-0.39, 0.29) is 30.8 Å². The first-order chi connectivity index (χ1) is 18.7. The smallest absolute Gasteiger partial charge is 0.422 e. The van der Waals surface area contributed by atoms with E-state index in [9.17, 15) is 22.8 Å². The largest absolute Gasteiger partial charge is 0.497 e. The Morgan fingerprint density at radius 3 is 2.03 bits per heavy atom. The van der Waals surface area contributed by atoms with Crippen LogP contribution in [0.5, 0.6) is 17.5 Å². The van der Waals surface area contributed by atoms with Crippen molar-refractivity contribution >= 4 is 11.8 Å². The van der Waals surface area contributed by atoms with Gasteiger partial charge in [-0.15, -0.1) is 5.10 Å². The second-order valence-electron chi connectivity index (χ2n) is 8.41. The molecule has 2 heterocycles. The summed E-state index contributed by atoms with van der Waals surface area (Å²) in [6.45, 7) is -1.39. The van der Waals surface area contributed by atoms with Gasteiger partial charge in [-0.25, -0.2) is 4.68 Å². The van der Waals surface area contributed by atoms with Crippen LogP contribution in [0.1, 0.15) is 20.7 Å². The molecule has 3 aromatic carbocycles. The zero-order valence-electron chi connectivity index (χ0n) is 20.5. The summed E-state index contributed by atoms with van der Waals surface area (Å²) in [5, 5.41) is 4.10. The molecule has 0 saturated carbocycles. The number of carbonyl (C=O) groups is 2. The first-order valence-electron chi connectivity index (χ1n) is 11.7. The van der Waals surface area contributed by atoms with E-state index in [0.717, 1.165) is 4.90 Å². The fourth-order valence-corrected chi connectivity index (χ4v) is 3.99. The lowest BCUT2D eigenvalue weighted by Crippen LogP contribution is -2.33. The van der Waals surface area contributed by atoms with Crippen molar-refractivity contribution in [3.8, 4) is 34.6 Å². The number of carbonyl (C=O) groups excluding carboxylic acids is 2. The van der Waals surface area contributed by atoms with Gasteiger partial charge in [0.05, 0.1) is 30.5 Å². The van der Waals surface area contributed by atoms with E-state index in [1.165, 1.54) is 11.8 Å². The summed E-state index contributed by atoms with van der Waals surface area (Å²) >= 11 is 0. The van der Waals surface area contributed by atoms with E-state index >= 15 is 0 Å². The number of hydrogen-bond acceptors (Lipinski definition) is 7. The predicted octanol–water partition coefficient (Wildman–Crippen LogP) is 4.56. The fraction of sp³-hybridized carbons (Fsp3) is 0.185. The van der Waals surface area contributed by atoms with Gasteiger partial charge < -0.3 is 14.2 Å². The molecule has 0 N–H and O–H groups in total. The number of amides is 2. The molecule has 0 atom stereocenters. The van der Waals surface area contributed by atoms with Crippen LogP contribution < -0.4 is 14.2 Å². The monoisotopic (exact) mass is 538 g/mol. The van der Waals surface area contributed by atoms with Gasteiger partial charge in [0.15, 0.2) is 12.4 Å². The Kier molecular flexibility index (Phi) is 6.92. The zero-order valence-corrected chi connectivity index (χ0v) is 20.5. The maximum absolute atomic E-state index is 12.7. The minimum atomic E-state index is -4.54. The number of benzene rings is 3. The third-order valence-corrected chi connectivity index (χ3v) is 5.84. The fourth-order valence-electron chi connectivity index (χ4n) is 3.99. The van der Waals surface area contributed by atoms with Crippen LogP contribution in [-0.4, -0.2) is 64.5 Å². The molecule has 4 aromatic rings. The van der Waals surface area contributed by atoms with E-state index in [2.05, 4.69) is 10.1 Å². The molecule has 0 unspecified atom stereocenters. The molecular formula is C27H21F3N4O5. The normalized spacial score (nSPS) is 13.0. The summed E-state index contributed by atoms with van der Waals surface area (Å²) < 4.78 is 55.1. The van der Waals surface area contributed by atoms with Crippen molar-refractivity contribution < 1.29 is 37.0 Å². The summed E-state index contributed by atoms with van der Waals surface area (Å²) in [4.78, 5) is 30.3. The summed E-state index contributed by atoms with van der Waals surface area (Å²) in [7, 11) is 1.52. The Balaban J connectivity index is 1.30. The number of halogens is 3. The minimum Gasteiger partial charge on any atom is -0.497 e. The molecule has 1 aromatic heterocycles. The highest BCUT2D eigenvalue weighted by molar-refractivity contribution is 6.21. The SMILES string of the molecule is COc1ccc(-n2nc(OCC(F)(F)F)nc2-c2ccc(OCCN3C(=O)c4ccccc4C3=O)cc2)cc1. The molecule has 12 heteroatoms. The molecule has 200 valence electrons. The van der Waals surface area contributed by atoms with E-state index in [1.54, 1.807) is 72.8 Å². The molecule has 0 bridgehead atoms. The van der Waals surface area contributed by atoms with Gasteiger partial charge in [-0.1, -0.05) is 12.1 Å². The number of nitrogens with zero attached hydrogens (tertiary/aromatic N) is 4. The van der Waals surface area contributed by atoms with Crippen LogP contribution in [0.15, 0.2) is 72.8 Å². The molecular weight excluding hydrogens is 517 g/mol. The molecule has 0 saturated heterocycles. The molecule has 39 heavy (non-hydrogen) atoms. The van der Waals surface area contributed by atoms with Crippen LogP contribution in [-0.2, 0) is 0 Å². The molecule has 5 rings (SSSR count). The summed E-state index contributed by atoms with van der Waals surface area (Å²) in [5.74, 6) is 0.568. The molecule has 0 fully saturated rings. The first-order valence-corrected chi connectivity index (χ1v) is 11.7. The summed E-state index contributed by atoms with van der Waals surface area (Å²) in [5.41, 5.74) is 1.80. The van der Waals surface area contributed by atoms with Gasteiger partial charge in [-0.2, -0.15) is 18.2 Å². The summed E-state index contributed by atoms with van der Waals surface area (Å²) in [6.07, 6.45) is -4.54. The molecule has 0 spiro atoms. The lowest BCUT2D eigenvalue weighted by molar-refractivity contribution is -0.154. The van der Waals surface area contributed by atoms with Crippen molar-refractivity contribution in [1.29, 1.82) is 0 Å². The minimum absolute atomic E-state index is 0.0692. The van der Waals surface area contributed by atoms with Gasteiger partial charge in [-0.05, 0) is 60.7 Å². The first kappa shape index (κ1) is 25.8. The van der Waals surface area contributed by atoms with Gasteiger partial charge in [0.25, 0.3) is 11.8 Å². The third kappa shape index (κ3) is 5.54. The van der Waals surface area contributed by atoms with Crippen LogP contribution in [0.3, 0.4) is 0 Å². The summed E-state index contributed by atoms with van der Waals surface area (Å²) in [6, 6.07) is 19.5. The van der Waals surface area contributed by atoms with Gasteiger partial charge in [-0.3, -0.25) is 14.5 Å². The Morgan fingerprint density at radius 2 is 1.44 bits per heavy atom. The Bertz CT molecular complexity index is 1470. The van der Waals surface area contributed by atoms with Gasteiger partial charge in [0, 0.05) is 5.56 Å². The Labute approximate surface area is 220 Å². The standard InChI is InChI=1S/C27H21F3N4O5/c1-37-19-12-8-18(9-13-19)34-23(31-26(32-34)39-16-27(28,29)30)17-6-10-20(11-7-17)38-15-14-33-24(35)21-4-2-3-5-22(21)25(33)36/h2-13H,14-16H2,1H3. The zero-order chi connectivity index (χ0) is 27.6.